The molecule has 0 saturated heterocycles. The highest BCUT2D eigenvalue weighted by Gasteiger charge is 2.04. The van der Waals surface area contributed by atoms with E-state index in [0.717, 1.165) is 0 Å². The van der Waals surface area contributed by atoms with E-state index in [-0.39, 0.29) is 25.0 Å². The van der Waals surface area contributed by atoms with Crippen LogP contribution in [-0.4, -0.2) is 35.2 Å². The van der Waals surface area contributed by atoms with Crippen LogP contribution >= 0.6 is 0 Å². The van der Waals surface area contributed by atoms with E-state index in [1.54, 1.807) is 0 Å². The summed E-state index contributed by atoms with van der Waals surface area (Å²) in [6.07, 6.45) is 4.57. The molecular weight excluding hydrogens is 186 g/mol. The van der Waals surface area contributed by atoms with Crippen molar-refractivity contribution in [1.29, 1.82) is 0 Å². The SMILES string of the molecule is COC(=O)CCNC(=O)n1ccnc1. The molecule has 0 bridgehead atoms. The predicted molar refractivity (Wildman–Crippen MR) is 47.7 cm³/mol. The molecule has 0 atom stereocenters. The number of aromatic nitrogens is 2. The summed E-state index contributed by atoms with van der Waals surface area (Å²) in [5.74, 6) is -0.351. The molecular formula is C8H11N3O3. The minimum Gasteiger partial charge on any atom is -0.469 e. The molecule has 1 rings (SSSR count). The average molecular weight is 197 g/mol. The molecule has 6 heteroatoms. The molecule has 1 aromatic rings. The first-order valence-corrected chi connectivity index (χ1v) is 4.07. The van der Waals surface area contributed by atoms with Crippen LogP contribution in [0.15, 0.2) is 18.7 Å². The maximum absolute atomic E-state index is 11.2. The van der Waals surface area contributed by atoms with Crippen LogP contribution in [0.5, 0.6) is 0 Å². The van der Waals surface area contributed by atoms with Gasteiger partial charge in [0.05, 0.1) is 13.5 Å². The second kappa shape index (κ2) is 5.00. The Morgan fingerprint density at radius 1 is 1.57 bits per heavy atom. The van der Waals surface area contributed by atoms with Crippen LogP contribution in [0.4, 0.5) is 4.79 Å². The molecule has 0 saturated carbocycles. The quantitative estimate of drug-likeness (QED) is 0.692. The van der Waals surface area contributed by atoms with Gasteiger partial charge in [-0.05, 0) is 0 Å². The van der Waals surface area contributed by atoms with Gasteiger partial charge in [0.15, 0.2) is 0 Å². The molecule has 0 aliphatic heterocycles. The van der Waals surface area contributed by atoms with E-state index in [1.807, 2.05) is 0 Å². The zero-order chi connectivity index (χ0) is 10.4. The number of carbonyl (C=O) groups is 2. The van der Waals surface area contributed by atoms with Crippen molar-refractivity contribution in [2.75, 3.05) is 13.7 Å². The van der Waals surface area contributed by atoms with Gasteiger partial charge in [-0.25, -0.2) is 9.78 Å². The summed E-state index contributed by atoms with van der Waals surface area (Å²) in [5.41, 5.74) is 0. The van der Waals surface area contributed by atoms with Crippen LogP contribution in [0.1, 0.15) is 6.42 Å². The monoisotopic (exact) mass is 197 g/mol. The minimum absolute atomic E-state index is 0.164. The van der Waals surface area contributed by atoms with Gasteiger partial charge in [-0.3, -0.25) is 9.36 Å². The van der Waals surface area contributed by atoms with Crippen LogP contribution in [-0.2, 0) is 9.53 Å². The molecule has 1 amide bonds. The molecule has 14 heavy (non-hydrogen) atoms. The van der Waals surface area contributed by atoms with Crippen molar-refractivity contribution in [3.8, 4) is 0 Å². The number of nitrogens with one attached hydrogen (secondary N) is 1. The number of amides is 1. The largest absolute Gasteiger partial charge is 0.469 e. The highest BCUT2D eigenvalue weighted by atomic mass is 16.5. The lowest BCUT2D eigenvalue weighted by Crippen LogP contribution is -2.29. The third kappa shape index (κ3) is 2.89. The molecule has 6 nitrogen and oxygen atoms in total. The fourth-order valence-electron chi connectivity index (χ4n) is 0.844. The molecule has 0 fully saturated rings. The van der Waals surface area contributed by atoms with Crippen molar-refractivity contribution < 1.29 is 14.3 Å². The van der Waals surface area contributed by atoms with Gasteiger partial charge >= 0.3 is 12.0 Å². The fraction of sp³-hybridized carbons (Fsp3) is 0.375. The maximum atomic E-state index is 11.2. The third-order valence-electron chi connectivity index (χ3n) is 1.57. The van der Waals surface area contributed by atoms with Crippen LogP contribution in [0, 0.1) is 0 Å². The highest BCUT2D eigenvalue weighted by Crippen LogP contribution is 1.86. The summed E-state index contributed by atoms with van der Waals surface area (Å²) in [6.45, 7) is 0.254. The van der Waals surface area contributed by atoms with Crippen molar-refractivity contribution in [3.63, 3.8) is 0 Å². The average Bonchev–Trinajstić information content (AvgIpc) is 2.70. The van der Waals surface area contributed by atoms with E-state index in [9.17, 15) is 9.59 Å². The van der Waals surface area contributed by atoms with Crippen molar-refractivity contribution >= 4 is 12.0 Å². The van der Waals surface area contributed by atoms with E-state index in [0.29, 0.717) is 0 Å². The summed E-state index contributed by atoms with van der Waals surface area (Å²) >= 11 is 0. The Kier molecular flexibility index (Phi) is 3.66. The number of methoxy groups -OCH3 is 1. The molecule has 76 valence electrons. The summed E-state index contributed by atoms with van der Waals surface area (Å²) in [6, 6.07) is -0.314. The van der Waals surface area contributed by atoms with Crippen LogP contribution in [0.25, 0.3) is 0 Å². The first-order chi connectivity index (χ1) is 6.74. The molecule has 0 aliphatic rings. The number of esters is 1. The molecule has 0 spiro atoms. The predicted octanol–water partition coefficient (Wildman–Crippen LogP) is 0.00390. The normalized spacial score (nSPS) is 9.50. The van der Waals surface area contributed by atoms with Crippen LogP contribution < -0.4 is 5.32 Å². The summed E-state index contributed by atoms with van der Waals surface area (Å²) < 4.78 is 5.70. The van der Waals surface area contributed by atoms with Gasteiger partial charge < -0.3 is 10.1 Å². The zero-order valence-electron chi connectivity index (χ0n) is 7.77. The number of carbonyl (C=O) groups excluding carboxylic acids is 2. The van der Waals surface area contributed by atoms with Crippen LogP contribution in [0.3, 0.4) is 0 Å². The van der Waals surface area contributed by atoms with E-state index in [4.69, 9.17) is 0 Å². The van der Waals surface area contributed by atoms with Gasteiger partial charge in [-0.2, -0.15) is 0 Å². The molecule has 1 heterocycles. The summed E-state index contributed by atoms with van der Waals surface area (Å²) in [4.78, 5) is 25.6. The lowest BCUT2D eigenvalue weighted by Gasteiger charge is -2.03. The molecule has 0 radical (unpaired) electrons. The molecule has 0 aliphatic carbocycles. The summed E-state index contributed by atoms with van der Waals surface area (Å²) in [5, 5.41) is 2.53. The minimum atomic E-state index is -0.351. The Morgan fingerprint density at radius 3 is 2.93 bits per heavy atom. The smallest absolute Gasteiger partial charge is 0.326 e. The Hall–Kier alpha value is -1.85. The van der Waals surface area contributed by atoms with Gasteiger partial charge in [0.1, 0.15) is 6.33 Å². The van der Waals surface area contributed by atoms with Crippen molar-refractivity contribution in [2.24, 2.45) is 0 Å². The van der Waals surface area contributed by atoms with Gasteiger partial charge in [0, 0.05) is 18.9 Å². The number of hydrogen-bond acceptors (Lipinski definition) is 4. The van der Waals surface area contributed by atoms with Gasteiger partial charge in [0.2, 0.25) is 0 Å². The Bertz CT molecular complexity index is 308. The maximum Gasteiger partial charge on any atom is 0.326 e. The Morgan fingerprint density at radius 2 is 2.36 bits per heavy atom. The van der Waals surface area contributed by atoms with E-state index >= 15 is 0 Å². The number of nitrogens with zero attached hydrogens (tertiary/aromatic N) is 2. The molecule has 0 unspecified atom stereocenters. The first-order valence-electron chi connectivity index (χ1n) is 4.07. The number of rotatable bonds is 3. The van der Waals surface area contributed by atoms with E-state index < -0.39 is 0 Å². The third-order valence-corrected chi connectivity index (χ3v) is 1.57. The van der Waals surface area contributed by atoms with Crippen molar-refractivity contribution in [2.45, 2.75) is 6.42 Å². The Balaban J connectivity index is 2.26. The molecule has 1 aromatic heterocycles. The van der Waals surface area contributed by atoms with Crippen molar-refractivity contribution in [3.05, 3.63) is 18.7 Å². The lowest BCUT2D eigenvalue weighted by atomic mass is 10.4. The van der Waals surface area contributed by atoms with E-state index in [2.05, 4.69) is 15.0 Å². The van der Waals surface area contributed by atoms with Gasteiger partial charge in [-0.1, -0.05) is 0 Å². The first kappa shape index (κ1) is 10.2. The second-order valence-electron chi connectivity index (χ2n) is 2.53. The van der Waals surface area contributed by atoms with Crippen molar-refractivity contribution in [1.82, 2.24) is 14.9 Å². The lowest BCUT2D eigenvalue weighted by molar-refractivity contribution is -0.140. The molecule has 0 aromatic carbocycles. The van der Waals surface area contributed by atoms with Gasteiger partial charge in [-0.15, -0.1) is 0 Å². The number of imidazole rings is 1. The fourth-order valence-corrected chi connectivity index (χ4v) is 0.844. The van der Waals surface area contributed by atoms with Crippen LogP contribution in [0.2, 0.25) is 0 Å². The van der Waals surface area contributed by atoms with E-state index in [1.165, 1.54) is 30.4 Å². The molecule has 1 N–H and O–H groups in total. The summed E-state index contributed by atoms with van der Waals surface area (Å²) in [7, 11) is 1.31. The second-order valence-corrected chi connectivity index (χ2v) is 2.53. The van der Waals surface area contributed by atoms with Gasteiger partial charge in [0.25, 0.3) is 0 Å². The standard InChI is InChI=1S/C8H11N3O3/c1-14-7(12)2-3-10-8(13)11-5-4-9-6-11/h4-6H,2-3H2,1H3,(H,10,13). The highest BCUT2D eigenvalue weighted by molar-refractivity contribution is 5.77. The Labute approximate surface area is 80.9 Å². The number of ether oxygens (including phenoxy) is 1. The topological polar surface area (TPSA) is 73.2 Å². The number of hydrogen-bond donors (Lipinski definition) is 1. The zero-order valence-corrected chi connectivity index (χ0v) is 7.77.